The highest BCUT2D eigenvalue weighted by Gasteiger charge is 2.45. The molecule has 1 unspecified atom stereocenters. The fraction of sp³-hybridized carbons (Fsp3) is 0.543. The third-order valence-corrected chi connectivity index (χ3v) is 8.77. The summed E-state index contributed by atoms with van der Waals surface area (Å²) in [6.45, 7) is 12.8. The summed E-state index contributed by atoms with van der Waals surface area (Å²) >= 11 is 0. The van der Waals surface area contributed by atoms with E-state index in [-0.39, 0.29) is 36.4 Å². The second-order valence-electron chi connectivity index (χ2n) is 12.9. The third kappa shape index (κ3) is 9.45. The molecule has 0 radical (unpaired) electrons. The van der Waals surface area contributed by atoms with Gasteiger partial charge in [0, 0.05) is 18.9 Å². The van der Waals surface area contributed by atoms with Gasteiger partial charge in [-0.15, -0.1) is 0 Å². The number of rotatable bonds is 15. The molecule has 260 valence electrons. The van der Waals surface area contributed by atoms with Crippen molar-refractivity contribution in [3.63, 3.8) is 0 Å². The molecule has 1 fully saturated rings. The summed E-state index contributed by atoms with van der Waals surface area (Å²) in [4.78, 5) is 89.6. The molecule has 13 nitrogen and oxygen atoms in total. The first-order chi connectivity index (χ1) is 22.8. The summed E-state index contributed by atoms with van der Waals surface area (Å²) in [5, 5.41) is 11.0. The monoisotopic (exact) mass is 663 g/mol. The molecule has 0 bridgehead atoms. The van der Waals surface area contributed by atoms with E-state index in [1.807, 2.05) is 37.3 Å². The molecule has 2 aromatic rings. The minimum Gasteiger partial charge on any atom is -0.344 e. The van der Waals surface area contributed by atoms with Crippen LogP contribution in [0.15, 0.2) is 48.9 Å². The van der Waals surface area contributed by atoms with Crippen LogP contribution in [0.4, 0.5) is 0 Å². The largest absolute Gasteiger partial charge is 0.344 e. The average molecular weight is 664 g/mol. The van der Waals surface area contributed by atoms with Gasteiger partial charge >= 0.3 is 0 Å². The summed E-state index contributed by atoms with van der Waals surface area (Å²) in [7, 11) is 0. The lowest BCUT2D eigenvalue weighted by atomic mass is 9.95. The molecule has 5 amide bonds. The van der Waals surface area contributed by atoms with Crippen molar-refractivity contribution in [3.8, 4) is 0 Å². The van der Waals surface area contributed by atoms with Crippen molar-refractivity contribution in [3.05, 3.63) is 60.2 Å². The Balaban J connectivity index is 1.74. The van der Waals surface area contributed by atoms with Crippen LogP contribution in [0.2, 0.25) is 0 Å². The molecule has 13 heteroatoms. The van der Waals surface area contributed by atoms with Gasteiger partial charge in [0.2, 0.25) is 23.5 Å². The van der Waals surface area contributed by atoms with Crippen LogP contribution in [-0.4, -0.2) is 80.9 Å². The third-order valence-electron chi connectivity index (χ3n) is 8.77. The maximum atomic E-state index is 14.1. The predicted molar refractivity (Wildman–Crippen MR) is 179 cm³/mol. The zero-order valence-electron chi connectivity index (χ0n) is 28.9. The number of carbonyl (C=O) groups excluding carboxylic acids is 6. The second kappa shape index (κ2) is 17.5. The van der Waals surface area contributed by atoms with Crippen LogP contribution >= 0.6 is 0 Å². The van der Waals surface area contributed by atoms with E-state index < -0.39 is 65.5 Å². The van der Waals surface area contributed by atoms with Crippen LogP contribution in [0.3, 0.4) is 0 Å². The van der Waals surface area contributed by atoms with Crippen LogP contribution < -0.4 is 21.3 Å². The molecule has 6 atom stereocenters. The van der Waals surface area contributed by atoms with Gasteiger partial charge in [-0.2, -0.15) is 0 Å². The van der Waals surface area contributed by atoms with Gasteiger partial charge in [0.25, 0.3) is 11.8 Å². The van der Waals surface area contributed by atoms with E-state index in [0.29, 0.717) is 12.8 Å². The highest BCUT2D eigenvalue weighted by atomic mass is 16.2. The SMILES string of the molecule is CCC(NC(=O)[C@@H]1[C@@H](CC)CCN1C(=O)[C@@H](NC(=O)[C@@H](NC(=O)c1cnccn1)C(C)C)C(C)C)C(=O)C(=O)N[C@@H](C)c1ccccc1. The standard InChI is InChI=1S/C35H49N7O6/c1-8-23-15-18-42(29(23)33(46)39-25(9-2)30(43)34(47)38-22(7)24-13-11-10-12-14-24)35(48)28(21(5)6)41-32(45)27(20(3)4)40-31(44)26-19-36-16-17-37-26/h10-14,16-17,19-23,25,27-29H,8-9,15,18H2,1-7H3,(H,38,47)(H,39,46)(H,40,44)(H,41,45)/t22-,23-,25?,27-,28-,29-/m0/s1. The van der Waals surface area contributed by atoms with Crippen molar-refractivity contribution in [2.24, 2.45) is 17.8 Å². The van der Waals surface area contributed by atoms with Crippen LogP contribution in [0, 0.1) is 17.8 Å². The van der Waals surface area contributed by atoms with Crippen LogP contribution in [0.1, 0.15) is 89.8 Å². The molecular weight excluding hydrogens is 614 g/mol. The minimum atomic E-state index is -1.08. The molecule has 1 aliphatic rings. The van der Waals surface area contributed by atoms with Crippen molar-refractivity contribution < 1.29 is 28.8 Å². The zero-order valence-corrected chi connectivity index (χ0v) is 28.9. The van der Waals surface area contributed by atoms with Crippen molar-refractivity contribution in [2.45, 2.75) is 97.9 Å². The molecule has 3 rings (SSSR count). The molecule has 0 spiro atoms. The molecule has 4 N–H and O–H groups in total. The van der Waals surface area contributed by atoms with Crippen LogP contribution in [-0.2, 0) is 24.0 Å². The van der Waals surface area contributed by atoms with Gasteiger partial charge in [0.1, 0.15) is 23.8 Å². The number of benzene rings is 1. The first-order valence-corrected chi connectivity index (χ1v) is 16.7. The Morgan fingerprint density at radius 1 is 0.854 bits per heavy atom. The molecule has 1 saturated heterocycles. The average Bonchev–Trinajstić information content (AvgIpc) is 3.52. The lowest BCUT2D eigenvalue weighted by Crippen LogP contribution is -2.60. The first kappa shape index (κ1) is 37.8. The summed E-state index contributed by atoms with van der Waals surface area (Å²) in [6.07, 6.45) is 5.44. The van der Waals surface area contributed by atoms with E-state index in [0.717, 1.165) is 5.56 Å². The molecule has 1 aliphatic heterocycles. The van der Waals surface area contributed by atoms with Gasteiger partial charge in [0.15, 0.2) is 0 Å². The van der Waals surface area contributed by atoms with Gasteiger partial charge in [-0.1, -0.05) is 78.3 Å². The number of hydrogen-bond acceptors (Lipinski definition) is 8. The fourth-order valence-corrected chi connectivity index (χ4v) is 5.85. The van der Waals surface area contributed by atoms with Gasteiger partial charge in [-0.05, 0) is 43.1 Å². The summed E-state index contributed by atoms with van der Waals surface area (Å²) in [5.74, 6) is -4.52. The number of carbonyl (C=O) groups is 6. The van der Waals surface area contributed by atoms with E-state index in [1.165, 1.54) is 23.5 Å². The lowest BCUT2D eigenvalue weighted by Gasteiger charge is -2.33. The smallest absolute Gasteiger partial charge is 0.290 e. The molecular formula is C35H49N7O6. The van der Waals surface area contributed by atoms with Gasteiger partial charge < -0.3 is 26.2 Å². The Kier molecular flexibility index (Phi) is 13.7. The van der Waals surface area contributed by atoms with E-state index in [2.05, 4.69) is 31.2 Å². The quantitative estimate of drug-likeness (QED) is 0.210. The molecule has 0 aliphatic carbocycles. The molecule has 1 aromatic heterocycles. The number of ketones is 1. The Hall–Kier alpha value is -4.68. The van der Waals surface area contributed by atoms with Crippen LogP contribution in [0.25, 0.3) is 0 Å². The van der Waals surface area contributed by atoms with Crippen molar-refractivity contribution in [1.82, 2.24) is 36.1 Å². The fourth-order valence-electron chi connectivity index (χ4n) is 5.85. The van der Waals surface area contributed by atoms with Gasteiger partial charge in [0.05, 0.1) is 18.3 Å². The van der Waals surface area contributed by atoms with Gasteiger partial charge in [-0.25, -0.2) is 4.98 Å². The normalized spacial score (nSPS) is 18.4. The number of amides is 5. The van der Waals surface area contributed by atoms with E-state index >= 15 is 0 Å². The molecule has 48 heavy (non-hydrogen) atoms. The Labute approximate surface area is 282 Å². The number of Topliss-reactive ketones (excluding diaryl/α,β-unsaturated/α-hetero) is 1. The van der Waals surface area contributed by atoms with E-state index in [1.54, 1.807) is 41.5 Å². The van der Waals surface area contributed by atoms with Crippen molar-refractivity contribution >= 4 is 35.3 Å². The number of nitrogens with zero attached hydrogens (tertiary/aromatic N) is 3. The Bertz CT molecular complexity index is 1440. The summed E-state index contributed by atoms with van der Waals surface area (Å²) in [5.41, 5.74) is 0.886. The highest BCUT2D eigenvalue weighted by Crippen LogP contribution is 2.29. The minimum absolute atomic E-state index is 0.0519. The lowest BCUT2D eigenvalue weighted by molar-refractivity contribution is -0.145. The Morgan fingerprint density at radius 2 is 1.52 bits per heavy atom. The number of aromatic nitrogens is 2. The summed E-state index contributed by atoms with van der Waals surface area (Å²) in [6, 6.07) is 4.86. The first-order valence-electron chi connectivity index (χ1n) is 16.7. The number of hydrogen-bond donors (Lipinski definition) is 4. The number of nitrogens with one attached hydrogen (secondary N) is 4. The summed E-state index contributed by atoms with van der Waals surface area (Å²) < 4.78 is 0. The molecule has 2 heterocycles. The highest BCUT2D eigenvalue weighted by molar-refractivity contribution is 6.38. The molecule has 0 saturated carbocycles. The predicted octanol–water partition coefficient (Wildman–Crippen LogP) is 2.34. The topological polar surface area (TPSA) is 180 Å². The zero-order chi connectivity index (χ0) is 35.5. The van der Waals surface area contributed by atoms with E-state index in [9.17, 15) is 28.8 Å². The van der Waals surface area contributed by atoms with Crippen molar-refractivity contribution in [1.29, 1.82) is 0 Å². The van der Waals surface area contributed by atoms with E-state index in [4.69, 9.17) is 0 Å². The maximum Gasteiger partial charge on any atom is 0.290 e. The van der Waals surface area contributed by atoms with Crippen molar-refractivity contribution in [2.75, 3.05) is 6.54 Å². The second-order valence-corrected chi connectivity index (χ2v) is 12.9. The maximum absolute atomic E-state index is 14.1. The number of likely N-dealkylation sites (tertiary alicyclic amines) is 1. The van der Waals surface area contributed by atoms with Crippen LogP contribution in [0.5, 0.6) is 0 Å². The van der Waals surface area contributed by atoms with Gasteiger partial charge in [-0.3, -0.25) is 33.8 Å². The Morgan fingerprint density at radius 3 is 2.08 bits per heavy atom. The molecule has 1 aromatic carbocycles.